The minimum absolute atomic E-state index is 0.0515. The third-order valence-corrected chi connectivity index (χ3v) is 8.39. The Morgan fingerprint density at radius 2 is 1.68 bits per heavy atom. The zero-order chi connectivity index (χ0) is 29.8. The van der Waals surface area contributed by atoms with Crippen LogP contribution in [0.25, 0.3) is 0 Å². The van der Waals surface area contributed by atoms with Crippen molar-refractivity contribution in [3.63, 3.8) is 0 Å². The molecule has 1 atom stereocenters. The van der Waals surface area contributed by atoms with E-state index >= 15 is 0 Å². The van der Waals surface area contributed by atoms with Gasteiger partial charge in [-0.25, -0.2) is 18.6 Å². The van der Waals surface area contributed by atoms with Crippen LogP contribution in [0.1, 0.15) is 25.0 Å². The fourth-order valence-corrected chi connectivity index (χ4v) is 5.89. The Hall–Kier alpha value is -2.76. The smallest absolute Gasteiger partial charge is 0.344 e. The maximum Gasteiger partial charge on any atom is 0.344 e. The van der Waals surface area contributed by atoms with Crippen LogP contribution in [0, 0.1) is 7.14 Å². The molecule has 218 valence electrons. The molecule has 0 fully saturated rings. The normalized spacial score (nSPS) is 12.1. The monoisotopic (exact) mass is 805 g/mol. The largest absolute Gasteiger partial charge is 0.490 e. The number of halogens is 2. The van der Waals surface area contributed by atoms with Crippen molar-refractivity contribution in [1.29, 1.82) is 0 Å². The highest BCUT2D eigenvalue weighted by Crippen LogP contribution is 2.34. The molecule has 0 bridgehead atoms. The molecule has 3 aromatic rings. The van der Waals surface area contributed by atoms with Crippen LogP contribution in [0.4, 0.5) is 0 Å². The van der Waals surface area contributed by atoms with Crippen LogP contribution in [0.2, 0.25) is 0 Å². The Morgan fingerprint density at radius 3 is 2.34 bits per heavy atom. The molecular formula is C28H29I2N3O7S. The van der Waals surface area contributed by atoms with Crippen molar-refractivity contribution >= 4 is 73.3 Å². The Kier molecular flexibility index (Phi) is 12.8. The lowest BCUT2D eigenvalue weighted by molar-refractivity contribution is -0.145. The number of ether oxygens (including phenoxy) is 3. The van der Waals surface area contributed by atoms with Gasteiger partial charge in [-0.2, -0.15) is 9.82 Å². The minimum atomic E-state index is -3.99. The van der Waals surface area contributed by atoms with Crippen LogP contribution in [0.3, 0.4) is 0 Å². The number of hydrazone groups is 1. The number of esters is 1. The SMILES string of the molecule is CCOC(=O)COc1c(I)cc(/C=N\NC(=O)[C@@H](Cc2ccccc2)NS(=O)(=O)c2ccc(I)cc2)cc1OCC. The molecule has 0 spiro atoms. The molecule has 0 aromatic heterocycles. The maximum atomic E-state index is 13.2. The minimum Gasteiger partial charge on any atom is -0.490 e. The number of amides is 1. The molecule has 0 heterocycles. The van der Waals surface area contributed by atoms with E-state index in [1.807, 2.05) is 59.8 Å². The topological polar surface area (TPSA) is 132 Å². The lowest BCUT2D eigenvalue weighted by Crippen LogP contribution is -2.46. The summed E-state index contributed by atoms with van der Waals surface area (Å²) in [4.78, 5) is 24.9. The van der Waals surface area contributed by atoms with Crippen molar-refractivity contribution in [3.05, 3.63) is 85.0 Å². The van der Waals surface area contributed by atoms with Gasteiger partial charge in [0.15, 0.2) is 18.1 Å². The Labute approximate surface area is 266 Å². The van der Waals surface area contributed by atoms with Crippen LogP contribution >= 0.6 is 45.2 Å². The quantitative estimate of drug-likeness (QED) is 0.108. The first-order valence-electron chi connectivity index (χ1n) is 12.5. The average Bonchev–Trinajstić information content (AvgIpc) is 2.93. The molecule has 0 radical (unpaired) electrons. The maximum absolute atomic E-state index is 13.2. The molecule has 41 heavy (non-hydrogen) atoms. The Bertz CT molecular complexity index is 1470. The molecule has 13 heteroatoms. The number of sulfonamides is 1. The number of carbonyl (C=O) groups is 2. The molecule has 0 aliphatic carbocycles. The molecule has 0 unspecified atom stereocenters. The standard InChI is InChI=1S/C28H29I2N3O7S/c1-3-38-25-16-20(14-23(30)27(25)40-18-26(34)39-4-2)17-31-32-28(35)24(15-19-8-6-5-7-9-19)33-41(36,37)22-12-10-21(29)11-13-22/h5-14,16-17,24,33H,3-4,15,18H2,1-2H3,(H,32,35)/b31-17-/t24-/m1/s1. The number of rotatable bonds is 14. The second-order valence-corrected chi connectivity index (χ2v) is 12.5. The van der Waals surface area contributed by atoms with Gasteiger partial charge in [0.2, 0.25) is 10.0 Å². The van der Waals surface area contributed by atoms with Gasteiger partial charge in [-0.05, 0) is 113 Å². The molecule has 3 aromatic carbocycles. The molecule has 1 amide bonds. The lowest BCUT2D eigenvalue weighted by Gasteiger charge is -2.17. The second-order valence-electron chi connectivity index (χ2n) is 8.41. The fraction of sp³-hybridized carbons (Fsp3) is 0.250. The number of benzene rings is 3. The number of hydrogen-bond acceptors (Lipinski definition) is 8. The lowest BCUT2D eigenvalue weighted by atomic mass is 10.1. The Balaban J connectivity index is 1.78. The molecular weight excluding hydrogens is 776 g/mol. The van der Waals surface area contributed by atoms with Crippen molar-refractivity contribution in [2.24, 2.45) is 5.10 Å². The molecule has 2 N–H and O–H groups in total. The van der Waals surface area contributed by atoms with Crippen molar-refractivity contribution in [3.8, 4) is 11.5 Å². The first kappa shape index (κ1) is 32.8. The summed E-state index contributed by atoms with van der Waals surface area (Å²) < 4.78 is 46.4. The van der Waals surface area contributed by atoms with Gasteiger partial charge in [-0.15, -0.1) is 0 Å². The van der Waals surface area contributed by atoms with Gasteiger partial charge in [0, 0.05) is 3.57 Å². The molecule has 3 rings (SSSR count). The molecule has 0 saturated heterocycles. The van der Waals surface area contributed by atoms with Crippen LogP contribution in [0.5, 0.6) is 11.5 Å². The predicted molar refractivity (Wildman–Crippen MR) is 172 cm³/mol. The van der Waals surface area contributed by atoms with Gasteiger partial charge in [-0.3, -0.25) is 4.79 Å². The van der Waals surface area contributed by atoms with E-state index in [0.717, 1.165) is 9.13 Å². The summed E-state index contributed by atoms with van der Waals surface area (Å²) >= 11 is 4.13. The number of nitrogens with zero attached hydrogens (tertiary/aromatic N) is 1. The van der Waals surface area contributed by atoms with E-state index in [-0.39, 0.29) is 24.5 Å². The van der Waals surface area contributed by atoms with Crippen molar-refractivity contribution < 1.29 is 32.2 Å². The van der Waals surface area contributed by atoms with E-state index in [1.165, 1.54) is 18.3 Å². The summed E-state index contributed by atoms with van der Waals surface area (Å²) in [6, 6.07) is 17.7. The molecule has 10 nitrogen and oxygen atoms in total. The highest BCUT2D eigenvalue weighted by Gasteiger charge is 2.26. The number of nitrogens with one attached hydrogen (secondary N) is 2. The van der Waals surface area contributed by atoms with Crippen molar-refractivity contribution in [2.45, 2.75) is 31.2 Å². The predicted octanol–water partition coefficient (Wildman–Crippen LogP) is 4.28. The van der Waals surface area contributed by atoms with E-state index in [9.17, 15) is 18.0 Å². The second kappa shape index (κ2) is 16.0. The van der Waals surface area contributed by atoms with Crippen LogP contribution in [-0.2, 0) is 30.8 Å². The highest BCUT2D eigenvalue weighted by atomic mass is 127. The summed E-state index contributed by atoms with van der Waals surface area (Å²) in [6.07, 6.45) is 1.52. The molecule has 0 aliphatic heterocycles. The van der Waals surface area contributed by atoms with Crippen LogP contribution in [-0.4, -0.2) is 52.4 Å². The number of hydrogen-bond donors (Lipinski definition) is 2. The van der Waals surface area contributed by atoms with E-state index in [2.05, 4.69) is 37.8 Å². The third-order valence-electron chi connectivity index (χ3n) is 5.38. The number of carbonyl (C=O) groups excluding carboxylic acids is 2. The first-order chi connectivity index (χ1) is 19.6. The van der Waals surface area contributed by atoms with E-state index in [0.29, 0.717) is 27.2 Å². The molecule has 0 saturated carbocycles. The third kappa shape index (κ3) is 10.2. The van der Waals surface area contributed by atoms with Gasteiger partial charge in [0.25, 0.3) is 5.91 Å². The zero-order valence-electron chi connectivity index (χ0n) is 22.3. The zero-order valence-corrected chi connectivity index (χ0v) is 27.4. The first-order valence-corrected chi connectivity index (χ1v) is 16.2. The molecule has 0 aliphatic rings. The summed E-state index contributed by atoms with van der Waals surface area (Å²) in [5, 5.41) is 4.05. The average molecular weight is 805 g/mol. The van der Waals surface area contributed by atoms with Gasteiger partial charge >= 0.3 is 5.97 Å². The summed E-state index contributed by atoms with van der Waals surface area (Å²) in [7, 11) is -3.99. The van der Waals surface area contributed by atoms with E-state index < -0.39 is 27.9 Å². The van der Waals surface area contributed by atoms with Crippen molar-refractivity contribution in [1.82, 2.24) is 10.1 Å². The van der Waals surface area contributed by atoms with Crippen LogP contribution < -0.4 is 19.6 Å². The van der Waals surface area contributed by atoms with E-state index in [4.69, 9.17) is 14.2 Å². The van der Waals surface area contributed by atoms with Gasteiger partial charge in [-0.1, -0.05) is 30.3 Å². The van der Waals surface area contributed by atoms with Gasteiger partial charge in [0.05, 0.1) is 27.9 Å². The highest BCUT2D eigenvalue weighted by molar-refractivity contribution is 14.1. The van der Waals surface area contributed by atoms with Crippen LogP contribution in [0.15, 0.2) is 76.7 Å². The Morgan fingerprint density at radius 1 is 0.976 bits per heavy atom. The van der Waals surface area contributed by atoms with Crippen molar-refractivity contribution in [2.75, 3.05) is 19.8 Å². The van der Waals surface area contributed by atoms with Gasteiger partial charge < -0.3 is 14.2 Å². The van der Waals surface area contributed by atoms with E-state index in [1.54, 1.807) is 31.2 Å². The van der Waals surface area contributed by atoms with Gasteiger partial charge in [0.1, 0.15) is 6.04 Å². The summed E-state index contributed by atoms with van der Waals surface area (Å²) in [5.74, 6) is -0.353. The fourth-order valence-electron chi connectivity index (χ4n) is 3.55. The summed E-state index contributed by atoms with van der Waals surface area (Å²) in [5.41, 5.74) is 3.80. The summed E-state index contributed by atoms with van der Waals surface area (Å²) in [6.45, 7) is 3.85.